The summed E-state index contributed by atoms with van der Waals surface area (Å²) in [5.41, 5.74) is 7.87. The molecule has 8 nitrogen and oxygen atoms in total. The number of amides is 1. The Morgan fingerprint density at radius 1 is 1.03 bits per heavy atom. The Balaban J connectivity index is 1.96. The van der Waals surface area contributed by atoms with Gasteiger partial charge in [0.25, 0.3) is 5.91 Å². The Kier molecular flexibility index (Phi) is 4.48. The number of para-hydroxylation sites is 2. The highest BCUT2D eigenvalue weighted by atomic mass is 32.2. The number of benzene rings is 2. The van der Waals surface area contributed by atoms with E-state index < -0.39 is 16.1 Å². The fraction of sp³-hybridized carbons (Fsp3) is 0.100. The summed E-state index contributed by atoms with van der Waals surface area (Å²) in [5.74, 6) is -0.470. The molecule has 0 fully saturated rings. The zero-order valence-corrected chi connectivity index (χ0v) is 16.6. The minimum atomic E-state index is -3.83. The number of rotatable bonds is 4. The van der Waals surface area contributed by atoms with E-state index in [1.54, 1.807) is 48.5 Å². The fourth-order valence-electron chi connectivity index (χ4n) is 3.25. The lowest BCUT2D eigenvalue weighted by Crippen LogP contribution is -2.28. The van der Waals surface area contributed by atoms with Gasteiger partial charge in [-0.3, -0.25) is 4.79 Å². The number of nitrogens with two attached hydrogens (primary N) is 1. The number of fused-ring (bicyclic) bond motifs is 3. The van der Waals surface area contributed by atoms with Crippen LogP contribution < -0.4 is 11.1 Å². The van der Waals surface area contributed by atoms with Crippen LogP contribution in [-0.4, -0.2) is 41.7 Å². The summed E-state index contributed by atoms with van der Waals surface area (Å²) in [5, 5.41) is 3.85. The van der Waals surface area contributed by atoms with Crippen molar-refractivity contribution < 1.29 is 13.2 Å². The zero-order valence-electron chi connectivity index (χ0n) is 15.8. The summed E-state index contributed by atoms with van der Waals surface area (Å²) < 4.78 is 28.2. The monoisotopic (exact) mass is 409 g/mol. The van der Waals surface area contributed by atoms with Gasteiger partial charge in [0.2, 0.25) is 0 Å². The lowest BCUT2D eigenvalue weighted by atomic mass is 10.1. The standard InChI is InChI=1S/C20H19N5O3S/c1-24(2)29(27,28)25-15-11-7-6-10-14(15)17-16(25)12-22-19(18(17)21)20(26)23-13-8-4-3-5-9-13/h3-12H,21H2,1-2H3,(H,23,26). The quantitative estimate of drug-likeness (QED) is 0.538. The van der Waals surface area contributed by atoms with E-state index in [0.29, 0.717) is 27.5 Å². The van der Waals surface area contributed by atoms with E-state index in [-0.39, 0.29) is 11.4 Å². The highest BCUT2D eigenvalue weighted by Gasteiger charge is 2.26. The smallest absolute Gasteiger partial charge is 0.308 e. The molecule has 3 N–H and O–H groups in total. The second-order valence-electron chi connectivity index (χ2n) is 6.67. The molecular formula is C20H19N5O3S. The fourth-order valence-corrected chi connectivity index (χ4v) is 4.37. The maximum Gasteiger partial charge on any atom is 0.308 e. The number of aromatic nitrogens is 2. The van der Waals surface area contributed by atoms with Gasteiger partial charge in [-0.05, 0) is 18.2 Å². The highest BCUT2D eigenvalue weighted by molar-refractivity contribution is 7.87. The molecule has 0 unspecified atom stereocenters. The molecule has 148 valence electrons. The van der Waals surface area contributed by atoms with Gasteiger partial charge in [-0.2, -0.15) is 12.7 Å². The van der Waals surface area contributed by atoms with Gasteiger partial charge >= 0.3 is 10.2 Å². The molecule has 9 heteroatoms. The van der Waals surface area contributed by atoms with E-state index in [4.69, 9.17) is 5.73 Å². The van der Waals surface area contributed by atoms with Crippen LogP contribution in [0, 0.1) is 0 Å². The average molecular weight is 409 g/mol. The number of nitrogen functional groups attached to an aromatic ring is 1. The molecule has 4 rings (SSSR count). The van der Waals surface area contributed by atoms with Crippen molar-refractivity contribution in [1.29, 1.82) is 0 Å². The van der Waals surface area contributed by atoms with Crippen molar-refractivity contribution in [2.24, 2.45) is 0 Å². The maximum absolute atomic E-state index is 12.9. The molecule has 2 aromatic carbocycles. The van der Waals surface area contributed by atoms with E-state index >= 15 is 0 Å². The molecule has 2 heterocycles. The van der Waals surface area contributed by atoms with Crippen LogP contribution >= 0.6 is 0 Å². The van der Waals surface area contributed by atoms with Crippen molar-refractivity contribution in [2.75, 3.05) is 25.1 Å². The van der Waals surface area contributed by atoms with E-state index in [2.05, 4.69) is 10.3 Å². The van der Waals surface area contributed by atoms with Gasteiger partial charge in [0.15, 0.2) is 5.69 Å². The van der Waals surface area contributed by atoms with Gasteiger partial charge in [-0.1, -0.05) is 36.4 Å². The normalized spacial score (nSPS) is 12.0. The summed E-state index contributed by atoms with van der Waals surface area (Å²) in [4.78, 5) is 16.9. The van der Waals surface area contributed by atoms with E-state index in [1.165, 1.54) is 24.3 Å². The highest BCUT2D eigenvalue weighted by Crippen LogP contribution is 2.35. The van der Waals surface area contributed by atoms with Gasteiger partial charge < -0.3 is 11.1 Å². The topological polar surface area (TPSA) is 110 Å². The molecule has 0 saturated heterocycles. The minimum Gasteiger partial charge on any atom is -0.396 e. The van der Waals surface area contributed by atoms with Gasteiger partial charge in [0.05, 0.1) is 22.9 Å². The largest absolute Gasteiger partial charge is 0.396 e. The number of hydrogen-bond acceptors (Lipinski definition) is 5. The van der Waals surface area contributed by atoms with Crippen molar-refractivity contribution in [2.45, 2.75) is 0 Å². The molecular weight excluding hydrogens is 390 g/mol. The summed E-state index contributed by atoms with van der Waals surface area (Å²) in [7, 11) is -0.926. The number of pyridine rings is 1. The van der Waals surface area contributed by atoms with Crippen molar-refractivity contribution >= 4 is 49.3 Å². The van der Waals surface area contributed by atoms with Gasteiger partial charge in [-0.25, -0.2) is 8.96 Å². The Morgan fingerprint density at radius 2 is 1.69 bits per heavy atom. The van der Waals surface area contributed by atoms with Gasteiger partial charge in [0, 0.05) is 30.6 Å². The number of carbonyl (C=O) groups is 1. The van der Waals surface area contributed by atoms with Crippen LogP contribution in [0.3, 0.4) is 0 Å². The van der Waals surface area contributed by atoms with Crippen LogP contribution in [0.2, 0.25) is 0 Å². The summed E-state index contributed by atoms with van der Waals surface area (Å²) in [6, 6.07) is 15.9. The first kappa shape index (κ1) is 18.9. The summed E-state index contributed by atoms with van der Waals surface area (Å²) >= 11 is 0. The number of nitrogens with one attached hydrogen (secondary N) is 1. The molecule has 0 bridgehead atoms. The zero-order chi connectivity index (χ0) is 20.8. The Morgan fingerprint density at radius 3 is 2.38 bits per heavy atom. The number of carbonyl (C=O) groups excluding carboxylic acids is 1. The van der Waals surface area contributed by atoms with E-state index in [9.17, 15) is 13.2 Å². The lowest BCUT2D eigenvalue weighted by Gasteiger charge is -2.14. The first-order chi connectivity index (χ1) is 13.8. The van der Waals surface area contributed by atoms with Crippen LogP contribution in [0.15, 0.2) is 60.8 Å². The Hall–Kier alpha value is -3.43. The van der Waals surface area contributed by atoms with Gasteiger partial charge in [-0.15, -0.1) is 0 Å². The van der Waals surface area contributed by atoms with E-state index in [1.807, 2.05) is 6.07 Å². The minimum absolute atomic E-state index is 0.0338. The Labute approximate surface area is 167 Å². The molecule has 0 spiro atoms. The third-order valence-corrected chi connectivity index (χ3v) is 6.42. The van der Waals surface area contributed by atoms with Crippen LogP contribution in [0.5, 0.6) is 0 Å². The molecule has 29 heavy (non-hydrogen) atoms. The summed E-state index contributed by atoms with van der Waals surface area (Å²) in [6.07, 6.45) is 1.37. The predicted octanol–water partition coefficient (Wildman–Crippen LogP) is 2.68. The van der Waals surface area contributed by atoms with Crippen LogP contribution in [-0.2, 0) is 10.2 Å². The molecule has 0 saturated carbocycles. The molecule has 0 aliphatic rings. The number of hydrogen-bond donors (Lipinski definition) is 2. The first-order valence-corrected chi connectivity index (χ1v) is 10.2. The molecule has 0 atom stereocenters. The third-order valence-electron chi connectivity index (χ3n) is 4.65. The van der Waals surface area contributed by atoms with Crippen molar-refractivity contribution in [3.63, 3.8) is 0 Å². The first-order valence-electron chi connectivity index (χ1n) is 8.79. The molecule has 0 aliphatic carbocycles. The average Bonchev–Trinajstić information content (AvgIpc) is 3.04. The number of anilines is 2. The second kappa shape index (κ2) is 6.87. The van der Waals surface area contributed by atoms with Gasteiger partial charge in [0.1, 0.15) is 0 Å². The van der Waals surface area contributed by atoms with E-state index in [0.717, 1.165) is 4.31 Å². The molecule has 0 radical (unpaired) electrons. The number of nitrogens with zero attached hydrogens (tertiary/aromatic N) is 3. The van der Waals surface area contributed by atoms with Crippen molar-refractivity contribution in [3.05, 3.63) is 66.5 Å². The third kappa shape index (κ3) is 3.00. The Bertz CT molecular complexity index is 1350. The SMILES string of the molecule is CN(C)S(=O)(=O)n1c2ccccc2c2c(N)c(C(=O)Nc3ccccc3)ncc21. The van der Waals surface area contributed by atoms with Crippen molar-refractivity contribution in [3.8, 4) is 0 Å². The lowest BCUT2D eigenvalue weighted by molar-refractivity contribution is 0.102. The molecule has 0 aliphatic heterocycles. The predicted molar refractivity (Wildman–Crippen MR) is 114 cm³/mol. The summed E-state index contributed by atoms with van der Waals surface area (Å²) in [6.45, 7) is 0. The maximum atomic E-state index is 12.9. The van der Waals surface area contributed by atoms with Crippen molar-refractivity contribution in [1.82, 2.24) is 13.3 Å². The molecule has 4 aromatic rings. The second-order valence-corrected chi connectivity index (χ2v) is 8.66. The van der Waals surface area contributed by atoms with Crippen LogP contribution in [0.25, 0.3) is 21.8 Å². The molecule has 2 aromatic heterocycles. The van der Waals surface area contributed by atoms with Crippen LogP contribution in [0.1, 0.15) is 10.5 Å². The van der Waals surface area contributed by atoms with Crippen LogP contribution in [0.4, 0.5) is 11.4 Å². The molecule has 1 amide bonds.